The summed E-state index contributed by atoms with van der Waals surface area (Å²) in [5, 5.41) is 0. The van der Waals surface area contributed by atoms with Crippen molar-refractivity contribution >= 4 is 6.29 Å². The Morgan fingerprint density at radius 2 is 2.17 bits per heavy atom. The van der Waals surface area contributed by atoms with Gasteiger partial charge in [0.25, 0.3) is 0 Å². The third-order valence-corrected chi connectivity index (χ3v) is 2.67. The maximum absolute atomic E-state index is 10.4. The second kappa shape index (κ2) is 3.56. The molecule has 0 aliphatic carbocycles. The Kier molecular flexibility index (Phi) is 2.89. The number of carbonyl (C=O) groups is 1. The van der Waals surface area contributed by atoms with Crippen molar-refractivity contribution in [2.24, 2.45) is 5.41 Å². The van der Waals surface area contributed by atoms with Crippen molar-refractivity contribution in [3.8, 4) is 0 Å². The van der Waals surface area contributed by atoms with Gasteiger partial charge < -0.3 is 4.79 Å². The molecule has 1 fully saturated rings. The number of carbonyl (C=O) groups excluding carboxylic acids is 1. The molecule has 0 bridgehead atoms. The van der Waals surface area contributed by atoms with Crippen molar-refractivity contribution in [1.82, 2.24) is 4.90 Å². The van der Waals surface area contributed by atoms with E-state index in [9.17, 15) is 4.79 Å². The van der Waals surface area contributed by atoms with Crippen LogP contribution in [0.4, 0.5) is 0 Å². The van der Waals surface area contributed by atoms with Gasteiger partial charge >= 0.3 is 0 Å². The summed E-state index contributed by atoms with van der Waals surface area (Å²) >= 11 is 0. The zero-order chi connectivity index (χ0) is 9.19. The molecule has 1 aliphatic rings. The first-order valence-corrected chi connectivity index (χ1v) is 4.73. The predicted molar refractivity (Wildman–Crippen MR) is 50.1 cm³/mol. The molecule has 1 aliphatic heterocycles. The number of likely N-dealkylation sites (tertiary alicyclic amines) is 1. The van der Waals surface area contributed by atoms with Gasteiger partial charge in [-0.05, 0) is 24.8 Å². The molecule has 12 heavy (non-hydrogen) atoms. The van der Waals surface area contributed by atoms with E-state index < -0.39 is 0 Å². The van der Waals surface area contributed by atoms with Gasteiger partial charge in [-0.15, -0.1) is 0 Å². The lowest BCUT2D eigenvalue weighted by atomic mass is 9.85. The molecule has 0 aromatic rings. The van der Waals surface area contributed by atoms with Gasteiger partial charge in [0, 0.05) is 6.04 Å². The SMILES string of the molecule is CC(C)(C)C1CCCN1CC=O. The molecule has 0 spiro atoms. The van der Waals surface area contributed by atoms with Gasteiger partial charge in [0.15, 0.2) is 0 Å². The van der Waals surface area contributed by atoms with Crippen molar-refractivity contribution in [1.29, 1.82) is 0 Å². The number of hydrogen-bond donors (Lipinski definition) is 0. The van der Waals surface area contributed by atoms with E-state index >= 15 is 0 Å². The summed E-state index contributed by atoms with van der Waals surface area (Å²) in [7, 11) is 0. The highest BCUT2D eigenvalue weighted by atomic mass is 16.1. The van der Waals surface area contributed by atoms with E-state index in [-0.39, 0.29) is 0 Å². The maximum atomic E-state index is 10.4. The van der Waals surface area contributed by atoms with Crippen LogP contribution in [-0.4, -0.2) is 30.3 Å². The van der Waals surface area contributed by atoms with Crippen molar-refractivity contribution < 1.29 is 4.79 Å². The molecule has 70 valence electrons. The summed E-state index contributed by atoms with van der Waals surface area (Å²) in [4.78, 5) is 12.7. The predicted octanol–water partition coefficient (Wildman–Crippen LogP) is 1.70. The highest BCUT2D eigenvalue weighted by Gasteiger charge is 2.33. The minimum absolute atomic E-state index is 0.319. The van der Waals surface area contributed by atoms with Crippen LogP contribution in [0.3, 0.4) is 0 Å². The molecule has 0 radical (unpaired) electrons. The summed E-state index contributed by atoms with van der Waals surface area (Å²) in [6.07, 6.45) is 3.51. The Morgan fingerprint density at radius 3 is 2.67 bits per heavy atom. The standard InChI is InChI=1S/C10H19NO/c1-10(2,3)9-5-4-6-11(9)7-8-12/h8-9H,4-7H2,1-3H3. The van der Waals surface area contributed by atoms with Crippen LogP contribution in [0.25, 0.3) is 0 Å². The molecule has 0 saturated carbocycles. The molecule has 0 aromatic heterocycles. The van der Waals surface area contributed by atoms with Gasteiger partial charge in [0.1, 0.15) is 6.29 Å². The van der Waals surface area contributed by atoms with E-state index in [0.717, 1.165) is 12.8 Å². The molecule has 1 atom stereocenters. The Bertz CT molecular complexity index is 160. The first-order valence-electron chi connectivity index (χ1n) is 4.73. The average Bonchev–Trinajstić information content (AvgIpc) is 2.34. The minimum atomic E-state index is 0.319. The number of rotatable bonds is 2. The normalized spacial score (nSPS) is 26.1. The zero-order valence-corrected chi connectivity index (χ0v) is 8.34. The number of nitrogens with zero attached hydrogens (tertiary/aromatic N) is 1. The third kappa shape index (κ3) is 2.07. The smallest absolute Gasteiger partial charge is 0.133 e. The molecule has 2 nitrogen and oxygen atoms in total. The van der Waals surface area contributed by atoms with Gasteiger partial charge in [0.2, 0.25) is 0 Å². The van der Waals surface area contributed by atoms with E-state index in [1.807, 2.05) is 0 Å². The van der Waals surface area contributed by atoms with Crippen LogP contribution in [0.15, 0.2) is 0 Å². The molecule has 0 aromatic carbocycles. The Hall–Kier alpha value is -0.370. The van der Waals surface area contributed by atoms with E-state index in [4.69, 9.17) is 0 Å². The van der Waals surface area contributed by atoms with Crippen LogP contribution in [0.1, 0.15) is 33.6 Å². The van der Waals surface area contributed by atoms with E-state index in [1.165, 1.54) is 12.8 Å². The van der Waals surface area contributed by atoms with Crippen molar-refractivity contribution in [2.45, 2.75) is 39.7 Å². The van der Waals surface area contributed by atoms with Crippen LogP contribution >= 0.6 is 0 Å². The second-order valence-corrected chi connectivity index (χ2v) is 4.69. The fourth-order valence-corrected chi connectivity index (χ4v) is 2.12. The zero-order valence-electron chi connectivity index (χ0n) is 8.34. The molecule has 0 N–H and O–H groups in total. The lowest BCUT2D eigenvalue weighted by molar-refractivity contribution is -0.109. The van der Waals surface area contributed by atoms with Gasteiger partial charge in [-0.1, -0.05) is 20.8 Å². The van der Waals surface area contributed by atoms with Crippen LogP contribution in [0.5, 0.6) is 0 Å². The molecule has 0 amide bonds. The molecule has 1 unspecified atom stereocenters. The van der Waals surface area contributed by atoms with Crippen molar-refractivity contribution in [3.63, 3.8) is 0 Å². The highest BCUT2D eigenvalue weighted by Crippen LogP contribution is 2.31. The van der Waals surface area contributed by atoms with Crippen LogP contribution < -0.4 is 0 Å². The molecule has 1 heterocycles. The minimum Gasteiger partial charge on any atom is -0.302 e. The lowest BCUT2D eigenvalue weighted by Crippen LogP contribution is -2.40. The summed E-state index contributed by atoms with van der Waals surface area (Å²) in [5.74, 6) is 0. The Balaban J connectivity index is 2.57. The first kappa shape index (κ1) is 9.72. The van der Waals surface area contributed by atoms with Crippen LogP contribution in [0.2, 0.25) is 0 Å². The fourth-order valence-electron chi connectivity index (χ4n) is 2.12. The molecular weight excluding hydrogens is 150 g/mol. The largest absolute Gasteiger partial charge is 0.302 e. The number of aldehydes is 1. The van der Waals surface area contributed by atoms with Gasteiger partial charge in [-0.25, -0.2) is 0 Å². The van der Waals surface area contributed by atoms with Crippen LogP contribution in [0, 0.1) is 5.41 Å². The summed E-state index contributed by atoms with van der Waals surface area (Å²) in [6, 6.07) is 0.600. The molecular formula is C10H19NO. The maximum Gasteiger partial charge on any atom is 0.133 e. The molecule has 2 heteroatoms. The quantitative estimate of drug-likeness (QED) is 0.586. The Morgan fingerprint density at radius 1 is 1.50 bits per heavy atom. The van der Waals surface area contributed by atoms with E-state index in [1.54, 1.807) is 0 Å². The van der Waals surface area contributed by atoms with Crippen LogP contribution in [-0.2, 0) is 4.79 Å². The van der Waals surface area contributed by atoms with Gasteiger partial charge in [-0.3, -0.25) is 4.90 Å². The second-order valence-electron chi connectivity index (χ2n) is 4.69. The fraction of sp³-hybridized carbons (Fsp3) is 0.900. The van der Waals surface area contributed by atoms with E-state index in [0.29, 0.717) is 18.0 Å². The Labute approximate surface area is 74.9 Å². The first-order chi connectivity index (χ1) is 5.55. The highest BCUT2D eigenvalue weighted by molar-refractivity contribution is 5.52. The molecule has 1 rings (SSSR count). The topological polar surface area (TPSA) is 20.3 Å². The van der Waals surface area contributed by atoms with Gasteiger partial charge in [-0.2, -0.15) is 0 Å². The molecule has 1 saturated heterocycles. The van der Waals surface area contributed by atoms with Crippen molar-refractivity contribution in [3.05, 3.63) is 0 Å². The average molecular weight is 169 g/mol. The monoisotopic (exact) mass is 169 g/mol. The lowest BCUT2D eigenvalue weighted by Gasteiger charge is -2.33. The number of hydrogen-bond acceptors (Lipinski definition) is 2. The van der Waals surface area contributed by atoms with Crippen molar-refractivity contribution in [2.75, 3.05) is 13.1 Å². The summed E-state index contributed by atoms with van der Waals surface area (Å²) in [5.41, 5.74) is 0.319. The van der Waals surface area contributed by atoms with Gasteiger partial charge in [0.05, 0.1) is 6.54 Å². The summed E-state index contributed by atoms with van der Waals surface area (Å²) in [6.45, 7) is 8.46. The summed E-state index contributed by atoms with van der Waals surface area (Å²) < 4.78 is 0. The third-order valence-electron chi connectivity index (χ3n) is 2.67. The van der Waals surface area contributed by atoms with E-state index in [2.05, 4.69) is 25.7 Å².